The van der Waals surface area contributed by atoms with Gasteiger partial charge in [-0.15, -0.1) is 0 Å². The van der Waals surface area contributed by atoms with Crippen LogP contribution in [-0.4, -0.2) is 41.7 Å². The van der Waals surface area contributed by atoms with Gasteiger partial charge in [0.25, 0.3) is 0 Å². The third kappa shape index (κ3) is 2.28. The summed E-state index contributed by atoms with van der Waals surface area (Å²) in [5.74, 6) is 0. The van der Waals surface area contributed by atoms with Crippen LogP contribution in [0.2, 0.25) is 0 Å². The molecule has 0 bridgehead atoms. The van der Waals surface area contributed by atoms with Crippen molar-refractivity contribution in [2.24, 2.45) is 0 Å². The fourth-order valence-electron chi connectivity index (χ4n) is 4.43. The molecule has 0 aliphatic carbocycles. The van der Waals surface area contributed by atoms with Gasteiger partial charge in [0.15, 0.2) is 0 Å². The number of hydrogen-bond acceptors (Lipinski definition) is 3. The predicted octanol–water partition coefficient (Wildman–Crippen LogP) is 3.18. The zero-order chi connectivity index (χ0) is 17.1. The van der Waals surface area contributed by atoms with Gasteiger partial charge in [-0.1, -0.05) is 0 Å². The molecule has 5 rings (SSSR count). The van der Waals surface area contributed by atoms with Crippen LogP contribution < -0.4 is 15.2 Å². The first-order chi connectivity index (χ1) is 12.1. The van der Waals surface area contributed by atoms with Gasteiger partial charge in [0.05, 0.1) is 0 Å². The van der Waals surface area contributed by atoms with Gasteiger partial charge in [-0.2, -0.15) is 0 Å². The molecule has 0 amide bonds. The Morgan fingerprint density at radius 3 is 2.64 bits per heavy atom. The molecule has 3 aromatic rings. The van der Waals surface area contributed by atoms with Crippen molar-refractivity contribution in [3.63, 3.8) is 0 Å². The molecule has 128 valence electrons. The zero-order valence-electron chi connectivity index (χ0n) is 14.8. The second-order valence-corrected chi connectivity index (χ2v) is 9.65. The van der Waals surface area contributed by atoms with Crippen molar-refractivity contribution in [2.45, 2.75) is 25.7 Å². The standard InChI is InChI=1S/C21H22N2OSe/c1-22(2)14-7-8-15-18(12-14)25-21-16-6-4-10-23-9-3-5-13(19(16)23)11-17(21)20(15)24/h7-8,11-12H,3-6,9-10H2,1-2H3. The average Bonchev–Trinajstić information content (AvgIpc) is 2.63. The molecule has 0 fully saturated rings. The quantitative estimate of drug-likeness (QED) is 0.466. The molecule has 0 atom stereocenters. The third-order valence-electron chi connectivity index (χ3n) is 5.66. The molecule has 3 nitrogen and oxygen atoms in total. The summed E-state index contributed by atoms with van der Waals surface area (Å²) < 4.78 is 2.62. The second kappa shape index (κ2) is 5.62. The Balaban J connectivity index is 1.89. The van der Waals surface area contributed by atoms with Gasteiger partial charge < -0.3 is 0 Å². The van der Waals surface area contributed by atoms with Crippen molar-refractivity contribution < 1.29 is 0 Å². The Morgan fingerprint density at radius 2 is 1.84 bits per heavy atom. The van der Waals surface area contributed by atoms with E-state index in [0.29, 0.717) is 0 Å². The monoisotopic (exact) mass is 398 g/mol. The van der Waals surface area contributed by atoms with Gasteiger partial charge >= 0.3 is 153 Å². The summed E-state index contributed by atoms with van der Waals surface area (Å²) in [7, 11) is 4.12. The molecule has 2 aliphatic heterocycles. The Morgan fingerprint density at radius 1 is 1.04 bits per heavy atom. The van der Waals surface area contributed by atoms with Crippen LogP contribution in [0.3, 0.4) is 0 Å². The molecule has 0 saturated heterocycles. The summed E-state index contributed by atoms with van der Waals surface area (Å²) in [6.07, 6.45) is 4.70. The zero-order valence-corrected chi connectivity index (χ0v) is 16.5. The van der Waals surface area contributed by atoms with Crippen LogP contribution in [0, 0.1) is 0 Å². The van der Waals surface area contributed by atoms with Crippen molar-refractivity contribution in [3.05, 3.63) is 45.6 Å². The normalized spacial score (nSPS) is 16.3. The van der Waals surface area contributed by atoms with Crippen LogP contribution in [0.4, 0.5) is 11.4 Å². The number of nitrogens with zero attached hydrogens (tertiary/aromatic N) is 2. The van der Waals surface area contributed by atoms with Gasteiger partial charge in [0.1, 0.15) is 0 Å². The van der Waals surface area contributed by atoms with Crippen molar-refractivity contribution in [1.29, 1.82) is 0 Å². The van der Waals surface area contributed by atoms with Crippen molar-refractivity contribution >= 4 is 45.2 Å². The summed E-state index contributed by atoms with van der Waals surface area (Å²) in [5, 5.41) is 1.93. The molecular formula is C21H22N2OSe. The van der Waals surface area contributed by atoms with Gasteiger partial charge in [-0.3, -0.25) is 0 Å². The molecule has 25 heavy (non-hydrogen) atoms. The minimum absolute atomic E-state index is 0.218. The molecule has 2 aromatic carbocycles. The Kier molecular flexibility index (Phi) is 3.48. The van der Waals surface area contributed by atoms with E-state index in [9.17, 15) is 4.79 Å². The Bertz CT molecular complexity index is 1070. The van der Waals surface area contributed by atoms with Gasteiger partial charge in [-0.05, 0) is 0 Å². The molecule has 0 spiro atoms. The number of aryl methyl sites for hydroxylation is 2. The molecule has 0 unspecified atom stereocenters. The first kappa shape index (κ1) is 15.5. The molecule has 4 heteroatoms. The van der Waals surface area contributed by atoms with Crippen molar-refractivity contribution in [2.75, 3.05) is 37.0 Å². The van der Waals surface area contributed by atoms with E-state index >= 15 is 0 Å². The third-order valence-corrected chi connectivity index (χ3v) is 8.23. The number of benzene rings is 2. The maximum atomic E-state index is 13.2. The summed E-state index contributed by atoms with van der Waals surface area (Å²) >= 11 is 0.218. The minimum atomic E-state index is 0.218. The maximum absolute atomic E-state index is 13.2. The molecular weight excluding hydrogens is 375 g/mol. The number of rotatable bonds is 1. The molecule has 3 heterocycles. The fourth-order valence-corrected chi connectivity index (χ4v) is 7.06. The number of hydrogen-bond donors (Lipinski definition) is 0. The summed E-state index contributed by atoms with van der Waals surface area (Å²) in [4.78, 5) is 17.9. The molecule has 0 N–H and O–H groups in total. The van der Waals surface area contributed by atoms with Gasteiger partial charge in [0, 0.05) is 0 Å². The van der Waals surface area contributed by atoms with Crippen LogP contribution in [0.1, 0.15) is 24.0 Å². The van der Waals surface area contributed by atoms with E-state index in [4.69, 9.17) is 0 Å². The van der Waals surface area contributed by atoms with Crippen LogP contribution in [0.25, 0.3) is 19.3 Å². The Labute approximate surface area is 153 Å². The van der Waals surface area contributed by atoms with E-state index < -0.39 is 0 Å². The Hall–Kier alpha value is -1.77. The molecule has 0 radical (unpaired) electrons. The SMILES string of the molecule is CN(C)c1ccc2c(=O)c3cc4c5c(c3[se]c2c1)CCCN5CCC4. The first-order valence-corrected chi connectivity index (χ1v) is 10.8. The van der Waals surface area contributed by atoms with E-state index in [1.807, 2.05) is 6.07 Å². The van der Waals surface area contributed by atoms with E-state index in [1.165, 1.54) is 57.0 Å². The van der Waals surface area contributed by atoms with Crippen LogP contribution in [0.5, 0.6) is 0 Å². The van der Waals surface area contributed by atoms with Gasteiger partial charge in [0.2, 0.25) is 0 Å². The van der Waals surface area contributed by atoms with Crippen LogP contribution in [0.15, 0.2) is 29.1 Å². The van der Waals surface area contributed by atoms with E-state index in [-0.39, 0.29) is 19.9 Å². The fraction of sp³-hybridized carbons (Fsp3) is 0.381. The van der Waals surface area contributed by atoms with Crippen molar-refractivity contribution in [1.82, 2.24) is 0 Å². The number of fused-ring (bicyclic) bond motifs is 3. The number of anilines is 2. The predicted molar refractivity (Wildman–Crippen MR) is 108 cm³/mol. The second-order valence-electron chi connectivity index (χ2n) is 7.44. The summed E-state index contributed by atoms with van der Waals surface area (Å²) in [6.45, 7) is 2.36. The topological polar surface area (TPSA) is 23.6 Å². The van der Waals surface area contributed by atoms with Crippen LogP contribution in [-0.2, 0) is 12.8 Å². The first-order valence-electron chi connectivity index (χ1n) is 9.11. The van der Waals surface area contributed by atoms with E-state index in [2.05, 4.69) is 42.1 Å². The van der Waals surface area contributed by atoms with Crippen LogP contribution >= 0.6 is 0 Å². The van der Waals surface area contributed by atoms with Crippen molar-refractivity contribution in [3.8, 4) is 0 Å². The van der Waals surface area contributed by atoms with E-state index in [0.717, 1.165) is 23.6 Å². The molecule has 2 aliphatic rings. The van der Waals surface area contributed by atoms with E-state index in [1.54, 1.807) is 0 Å². The van der Waals surface area contributed by atoms with Gasteiger partial charge in [-0.25, -0.2) is 0 Å². The molecule has 0 saturated carbocycles. The average molecular weight is 397 g/mol. The summed E-state index contributed by atoms with van der Waals surface area (Å²) in [6, 6.07) is 8.57. The molecule has 1 aromatic heterocycles. The summed E-state index contributed by atoms with van der Waals surface area (Å²) in [5.41, 5.74) is 5.82.